The van der Waals surface area contributed by atoms with E-state index in [9.17, 15) is 13.2 Å². The number of hydrogen-bond acceptors (Lipinski definition) is 5. The number of carbonyl (C=O) groups is 1. The predicted octanol–water partition coefficient (Wildman–Crippen LogP) is 1.53. The smallest absolute Gasteiger partial charge is 0.321 e. The number of carbonyl (C=O) groups excluding carboxylic acids is 1. The van der Waals surface area contributed by atoms with Crippen molar-refractivity contribution in [2.75, 3.05) is 11.5 Å². The molecule has 106 valence electrons. The lowest BCUT2D eigenvalue weighted by Crippen LogP contribution is -2.23. The highest BCUT2D eigenvalue weighted by atomic mass is 32.2. The summed E-state index contributed by atoms with van der Waals surface area (Å²) in [4.78, 5) is 11.5. The summed E-state index contributed by atoms with van der Waals surface area (Å²) in [5.74, 6) is -1.49. The zero-order valence-corrected chi connectivity index (χ0v) is 11.9. The molecule has 0 heterocycles. The van der Waals surface area contributed by atoms with Gasteiger partial charge in [-0.05, 0) is 31.0 Å². The lowest BCUT2D eigenvalue weighted by Gasteiger charge is -2.11. The summed E-state index contributed by atoms with van der Waals surface area (Å²) in [6.07, 6.45) is 0.392. The first-order chi connectivity index (χ1) is 8.82. The van der Waals surface area contributed by atoms with Crippen molar-refractivity contribution in [3.63, 3.8) is 0 Å². The third-order valence-corrected chi connectivity index (χ3v) is 4.06. The van der Waals surface area contributed by atoms with E-state index in [0.29, 0.717) is 17.7 Å². The minimum absolute atomic E-state index is 0.192. The molecule has 1 atom stereocenters. The molecule has 0 radical (unpaired) electrons. The number of ether oxygens (including phenoxy) is 1. The average Bonchev–Trinajstić information content (AvgIpc) is 2.30. The van der Waals surface area contributed by atoms with Gasteiger partial charge in [-0.3, -0.25) is 4.79 Å². The molecule has 0 saturated heterocycles. The number of benzene rings is 1. The third kappa shape index (κ3) is 5.74. The largest absolute Gasteiger partial charge is 0.462 e. The van der Waals surface area contributed by atoms with E-state index in [0.717, 1.165) is 0 Å². The normalized spacial score (nSPS) is 12.9. The Kier molecular flexibility index (Phi) is 5.35. The Morgan fingerprint density at radius 1 is 1.32 bits per heavy atom. The molecular formula is C13H19NO4S. The number of nitrogens with two attached hydrogens (primary N) is 1. The molecule has 0 fully saturated rings. The molecule has 0 spiro atoms. The van der Waals surface area contributed by atoms with E-state index in [1.165, 1.54) is 0 Å². The van der Waals surface area contributed by atoms with Gasteiger partial charge in [0.25, 0.3) is 0 Å². The Balaban J connectivity index is 2.61. The first-order valence-corrected chi connectivity index (χ1v) is 7.89. The van der Waals surface area contributed by atoms with E-state index in [4.69, 9.17) is 10.5 Å². The molecule has 5 nitrogen and oxygen atoms in total. The van der Waals surface area contributed by atoms with Crippen molar-refractivity contribution in [2.45, 2.75) is 32.1 Å². The summed E-state index contributed by atoms with van der Waals surface area (Å²) >= 11 is 0. The van der Waals surface area contributed by atoms with E-state index in [-0.39, 0.29) is 11.9 Å². The van der Waals surface area contributed by atoms with Crippen LogP contribution in [0.15, 0.2) is 24.3 Å². The fourth-order valence-corrected chi connectivity index (χ4v) is 2.67. The molecule has 0 aliphatic carbocycles. The molecule has 1 aromatic carbocycles. The molecule has 19 heavy (non-hydrogen) atoms. The number of hydrogen-bond donors (Lipinski definition) is 1. The number of esters is 1. The number of nitrogen functional groups attached to an aromatic ring is 1. The molecule has 0 amide bonds. The standard InChI is InChI=1S/C13H19NO4S/c1-3-10(2)18-13(15)9-19(16,17)8-11-4-6-12(14)7-5-11/h4-7,10H,3,8-9,14H2,1-2H3. The summed E-state index contributed by atoms with van der Waals surface area (Å²) < 4.78 is 28.6. The van der Waals surface area contributed by atoms with Gasteiger partial charge < -0.3 is 10.5 Å². The topological polar surface area (TPSA) is 86.5 Å². The van der Waals surface area contributed by atoms with E-state index in [2.05, 4.69) is 0 Å². The molecule has 0 aromatic heterocycles. The van der Waals surface area contributed by atoms with Crippen molar-refractivity contribution < 1.29 is 17.9 Å². The SMILES string of the molecule is CCC(C)OC(=O)CS(=O)(=O)Cc1ccc(N)cc1. The Bertz CT molecular complexity index is 522. The van der Waals surface area contributed by atoms with Gasteiger partial charge in [-0.15, -0.1) is 0 Å². The van der Waals surface area contributed by atoms with Crippen molar-refractivity contribution >= 4 is 21.5 Å². The van der Waals surface area contributed by atoms with Crippen LogP contribution in [0.25, 0.3) is 0 Å². The van der Waals surface area contributed by atoms with Crippen molar-refractivity contribution in [2.24, 2.45) is 0 Å². The van der Waals surface area contributed by atoms with Gasteiger partial charge >= 0.3 is 5.97 Å². The molecule has 0 bridgehead atoms. The Morgan fingerprint density at radius 3 is 2.42 bits per heavy atom. The quantitative estimate of drug-likeness (QED) is 0.632. The van der Waals surface area contributed by atoms with Crippen LogP contribution in [0.5, 0.6) is 0 Å². The van der Waals surface area contributed by atoms with Crippen LogP contribution in [0.3, 0.4) is 0 Å². The zero-order chi connectivity index (χ0) is 14.5. The summed E-state index contributed by atoms with van der Waals surface area (Å²) in [5.41, 5.74) is 6.69. The van der Waals surface area contributed by atoms with Gasteiger partial charge in [0.05, 0.1) is 11.9 Å². The highest BCUT2D eigenvalue weighted by Gasteiger charge is 2.19. The van der Waals surface area contributed by atoms with Crippen LogP contribution in [0.1, 0.15) is 25.8 Å². The molecule has 0 saturated carbocycles. The monoisotopic (exact) mass is 285 g/mol. The van der Waals surface area contributed by atoms with Crippen LogP contribution in [0.4, 0.5) is 5.69 Å². The van der Waals surface area contributed by atoms with E-state index in [1.807, 2.05) is 6.92 Å². The van der Waals surface area contributed by atoms with Crippen molar-refractivity contribution in [1.29, 1.82) is 0 Å². The second-order valence-corrected chi connectivity index (χ2v) is 6.55. The molecule has 1 unspecified atom stereocenters. The zero-order valence-electron chi connectivity index (χ0n) is 11.1. The molecule has 1 rings (SSSR count). The second kappa shape index (κ2) is 6.56. The Labute approximate surface area is 113 Å². The van der Waals surface area contributed by atoms with Crippen LogP contribution in [0, 0.1) is 0 Å². The maximum atomic E-state index is 11.8. The first-order valence-electron chi connectivity index (χ1n) is 6.06. The lowest BCUT2D eigenvalue weighted by atomic mass is 10.2. The Hall–Kier alpha value is -1.56. The minimum Gasteiger partial charge on any atom is -0.462 e. The summed E-state index contributed by atoms with van der Waals surface area (Å²) in [6, 6.07) is 6.52. The van der Waals surface area contributed by atoms with Gasteiger partial charge in [-0.1, -0.05) is 19.1 Å². The maximum absolute atomic E-state index is 11.8. The number of anilines is 1. The van der Waals surface area contributed by atoms with E-state index >= 15 is 0 Å². The van der Waals surface area contributed by atoms with Crippen molar-refractivity contribution in [3.8, 4) is 0 Å². The molecule has 0 aliphatic heterocycles. The minimum atomic E-state index is -3.52. The summed E-state index contributed by atoms with van der Waals surface area (Å²) in [7, 11) is -3.52. The van der Waals surface area contributed by atoms with E-state index in [1.54, 1.807) is 31.2 Å². The van der Waals surface area contributed by atoms with Crippen LogP contribution in [-0.2, 0) is 25.1 Å². The van der Waals surface area contributed by atoms with Gasteiger partial charge in [0, 0.05) is 5.69 Å². The molecule has 6 heteroatoms. The first kappa shape index (κ1) is 15.5. The highest BCUT2D eigenvalue weighted by molar-refractivity contribution is 7.91. The lowest BCUT2D eigenvalue weighted by molar-refractivity contribution is -0.145. The third-order valence-electron chi connectivity index (χ3n) is 2.61. The van der Waals surface area contributed by atoms with Crippen LogP contribution >= 0.6 is 0 Å². The Morgan fingerprint density at radius 2 is 1.89 bits per heavy atom. The fourth-order valence-electron chi connectivity index (χ4n) is 1.44. The molecule has 2 N–H and O–H groups in total. The van der Waals surface area contributed by atoms with Crippen LogP contribution in [-0.4, -0.2) is 26.2 Å². The molecular weight excluding hydrogens is 266 g/mol. The van der Waals surface area contributed by atoms with E-state index < -0.39 is 21.6 Å². The van der Waals surface area contributed by atoms with Crippen molar-refractivity contribution in [3.05, 3.63) is 29.8 Å². The van der Waals surface area contributed by atoms with Gasteiger partial charge in [0.1, 0.15) is 5.75 Å². The molecule has 1 aromatic rings. The summed E-state index contributed by atoms with van der Waals surface area (Å²) in [5, 5.41) is 0. The average molecular weight is 285 g/mol. The van der Waals surface area contributed by atoms with Gasteiger partial charge in [-0.25, -0.2) is 8.42 Å². The van der Waals surface area contributed by atoms with Crippen molar-refractivity contribution in [1.82, 2.24) is 0 Å². The highest BCUT2D eigenvalue weighted by Crippen LogP contribution is 2.10. The fraction of sp³-hybridized carbons (Fsp3) is 0.462. The van der Waals surface area contributed by atoms with Crippen LogP contribution < -0.4 is 5.73 Å². The molecule has 0 aliphatic rings. The number of rotatable bonds is 6. The maximum Gasteiger partial charge on any atom is 0.321 e. The second-order valence-electron chi connectivity index (χ2n) is 4.48. The van der Waals surface area contributed by atoms with Gasteiger partial charge in [-0.2, -0.15) is 0 Å². The van der Waals surface area contributed by atoms with Gasteiger partial charge in [0.2, 0.25) is 0 Å². The number of sulfone groups is 1. The predicted molar refractivity (Wildman–Crippen MR) is 74.2 cm³/mol. The van der Waals surface area contributed by atoms with Gasteiger partial charge in [0.15, 0.2) is 9.84 Å². The summed E-state index contributed by atoms with van der Waals surface area (Å²) in [6.45, 7) is 3.59. The van der Waals surface area contributed by atoms with Crippen LogP contribution in [0.2, 0.25) is 0 Å².